The fraction of sp³-hybridized carbons (Fsp3) is 0. The molecule has 0 atom stereocenters. The van der Waals surface area contributed by atoms with E-state index in [-0.39, 0.29) is 0 Å². The minimum Gasteiger partial charge on any atom is -0.456 e. The lowest BCUT2D eigenvalue weighted by atomic mass is 10.2. The molecule has 0 bridgehead atoms. The molecular formula is C12H11BO3. The van der Waals surface area contributed by atoms with Crippen LogP contribution < -0.4 is 0 Å². The fourth-order valence-electron chi connectivity index (χ4n) is 1.67. The van der Waals surface area contributed by atoms with Crippen molar-refractivity contribution in [2.45, 2.75) is 0 Å². The highest BCUT2D eigenvalue weighted by Gasteiger charge is 2.03. The predicted molar refractivity (Wildman–Crippen MR) is 65.3 cm³/mol. The molecule has 0 spiro atoms. The second-order valence-corrected chi connectivity index (χ2v) is 3.24. The molecular weight excluding hydrogens is 203 g/mol. The second-order valence-electron chi connectivity index (χ2n) is 3.24. The Labute approximate surface area is 93.2 Å². The third-order valence-electron chi connectivity index (χ3n) is 2.28. The summed E-state index contributed by atoms with van der Waals surface area (Å²) in [5, 5.41) is 16.6. The van der Waals surface area contributed by atoms with E-state index in [0.29, 0.717) is 0 Å². The lowest BCUT2D eigenvalue weighted by molar-refractivity contribution is 0.448. The summed E-state index contributed by atoms with van der Waals surface area (Å²) in [5.41, 5.74) is 1.92. The Hall–Kier alpha value is -1.78. The van der Waals surface area contributed by atoms with Crippen LogP contribution >= 0.6 is 0 Å². The zero-order chi connectivity index (χ0) is 11.4. The van der Waals surface area contributed by atoms with Crippen molar-refractivity contribution in [3.05, 3.63) is 48.5 Å². The molecule has 0 aliphatic carbocycles. The van der Waals surface area contributed by atoms with E-state index in [1.54, 1.807) is 0 Å². The Bertz CT molecular complexity index is 538. The quantitative estimate of drug-likeness (QED) is 0.561. The van der Waals surface area contributed by atoms with Gasteiger partial charge in [0.2, 0.25) is 0 Å². The number of hydrogen-bond donors (Lipinski definition) is 2. The summed E-state index contributed by atoms with van der Waals surface area (Å²) in [6, 6.07) is 16.2. The first-order valence-electron chi connectivity index (χ1n) is 4.95. The Morgan fingerprint density at radius 2 is 1.12 bits per heavy atom. The molecule has 1 aromatic heterocycles. The summed E-state index contributed by atoms with van der Waals surface area (Å²) in [6.45, 7) is 0. The van der Waals surface area contributed by atoms with Crippen molar-refractivity contribution >= 4 is 29.6 Å². The summed E-state index contributed by atoms with van der Waals surface area (Å²) in [4.78, 5) is 0. The van der Waals surface area contributed by atoms with Crippen molar-refractivity contribution in [1.29, 1.82) is 0 Å². The van der Waals surface area contributed by atoms with Gasteiger partial charge >= 0.3 is 7.69 Å². The van der Waals surface area contributed by atoms with Crippen LogP contribution in [0, 0.1) is 0 Å². The molecule has 2 N–H and O–H groups in total. The van der Waals surface area contributed by atoms with E-state index in [9.17, 15) is 0 Å². The van der Waals surface area contributed by atoms with Crippen molar-refractivity contribution < 1.29 is 14.5 Å². The highest BCUT2D eigenvalue weighted by atomic mass is 16.4. The third-order valence-corrected chi connectivity index (χ3v) is 2.28. The minimum absolute atomic E-state index is 0.750. The van der Waals surface area contributed by atoms with Gasteiger partial charge in [-0.2, -0.15) is 0 Å². The van der Waals surface area contributed by atoms with E-state index < -0.39 is 7.69 Å². The van der Waals surface area contributed by atoms with Crippen molar-refractivity contribution in [3.63, 3.8) is 0 Å². The second kappa shape index (κ2) is 4.83. The molecule has 0 aliphatic heterocycles. The molecule has 0 saturated carbocycles. The van der Waals surface area contributed by atoms with Crippen molar-refractivity contribution in [2.24, 2.45) is 0 Å². The van der Waals surface area contributed by atoms with Gasteiger partial charge in [-0.3, -0.25) is 0 Å². The molecule has 0 amide bonds. The standard InChI is InChI=1S/C12H8O.BH3O2/c1-3-7-11-9(5-1)10-6-2-4-8-12(10)13-11;2-1-3/h1-8H;1-3H. The number of benzene rings is 2. The normalized spacial score (nSPS) is 9.88. The van der Waals surface area contributed by atoms with E-state index >= 15 is 0 Å². The maximum absolute atomic E-state index is 7.12. The average Bonchev–Trinajstić information content (AvgIpc) is 2.68. The van der Waals surface area contributed by atoms with Crippen LogP contribution in [0.25, 0.3) is 21.9 Å². The summed E-state index contributed by atoms with van der Waals surface area (Å²) >= 11 is 0. The largest absolute Gasteiger partial charge is 0.456 e. The van der Waals surface area contributed by atoms with Gasteiger partial charge in [0.05, 0.1) is 0 Å². The van der Waals surface area contributed by atoms with Crippen LogP contribution in [-0.2, 0) is 0 Å². The summed E-state index contributed by atoms with van der Waals surface area (Å²) in [6.07, 6.45) is 0. The summed E-state index contributed by atoms with van der Waals surface area (Å²) in [7, 11) is -0.750. The molecule has 16 heavy (non-hydrogen) atoms. The van der Waals surface area contributed by atoms with Crippen LogP contribution in [-0.4, -0.2) is 17.7 Å². The van der Waals surface area contributed by atoms with Crippen molar-refractivity contribution in [1.82, 2.24) is 0 Å². The minimum atomic E-state index is -0.750. The highest BCUT2D eigenvalue weighted by molar-refractivity contribution is 6.13. The van der Waals surface area contributed by atoms with Gasteiger partial charge in [-0.15, -0.1) is 0 Å². The Morgan fingerprint density at radius 1 is 0.750 bits per heavy atom. The number of para-hydroxylation sites is 2. The number of hydrogen-bond acceptors (Lipinski definition) is 3. The average molecular weight is 214 g/mol. The lowest BCUT2D eigenvalue weighted by Gasteiger charge is -1.85. The molecule has 3 aromatic rings. The third kappa shape index (κ3) is 1.93. The fourth-order valence-corrected chi connectivity index (χ4v) is 1.67. The topological polar surface area (TPSA) is 53.6 Å². The molecule has 0 unspecified atom stereocenters. The van der Waals surface area contributed by atoms with Gasteiger partial charge in [0.25, 0.3) is 0 Å². The first-order valence-corrected chi connectivity index (χ1v) is 4.95. The molecule has 0 saturated heterocycles. The van der Waals surface area contributed by atoms with Crippen molar-refractivity contribution in [2.75, 3.05) is 0 Å². The van der Waals surface area contributed by atoms with E-state index in [1.165, 1.54) is 10.8 Å². The SMILES string of the molecule is OBO.c1ccc2c(c1)oc1ccccc12. The predicted octanol–water partition coefficient (Wildman–Crippen LogP) is 1.82. The van der Waals surface area contributed by atoms with Crippen LogP contribution in [0.1, 0.15) is 0 Å². The zero-order valence-electron chi connectivity index (χ0n) is 8.63. The highest BCUT2D eigenvalue weighted by Crippen LogP contribution is 2.27. The molecule has 80 valence electrons. The molecule has 2 aromatic carbocycles. The van der Waals surface area contributed by atoms with Gasteiger partial charge in [0, 0.05) is 10.8 Å². The molecule has 1 heterocycles. The van der Waals surface area contributed by atoms with Crippen LogP contribution in [0.3, 0.4) is 0 Å². The van der Waals surface area contributed by atoms with Crippen LogP contribution in [0.5, 0.6) is 0 Å². The van der Waals surface area contributed by atoms with Crippen LogP contribution in [0.15, 0.2) is 52.9 Å². The molecule has 4 heteroatoms. The van der Waals surface area contributed by atoms with E-state index in [4.69, 9.17) is 14.5 Å². The zero-order valence-corrected chi connectivity index (χ0v) is 8.63. The van der Waals surface area contributed by atoms with E-state index in [2.05, 4.69) is 12.1 Å². The number of furan rings is 1. The number of fused-ring (bicyclic) bond motifs is 3. The van der Waals surface area contributed by atoms with Gasteiger partial charge in [-0.25, -0.2) is 0 Å². The Balaban J connectivity index is 0.000000292. The smallest absolute Gasteiger partial charge is 0.432 e. The molecule has 0 radical (unpaired) electrons. The van der Waals surface area contributed by atoms with E-state index in [1.807, 2.05) is 36.4 Å². The molecule has 3 nitrogen and oxygen atoms in total. The van der Waals surface area contributed by atoms with Gasteiger partial charge in [0.1, 0.15) is 11.2 Å². The Morgan fingerprint density at radius 3 is 1.56 bits per heavy atom. The van der Waals surface area contributed by atoms with Crippen LogP contribution in [0.2, 0.25) is 0 Å². The monoisotopic (exact) mass is 214 g/mol. The first-order chi connectivity index (χ1) is 7.86. The molecule has 0 aliphatic rings. The maximum atomic E-state index is 7.12. The first kappa shape index (κ1) is 10.7. The summed E-state index contributed by atoms with van der Waals surface area (Å²) in [5.74, 6) is 0. The van der Waals surface area contributed by atoms with Gasteiger partial charge < -0.3 is 14.5 Å². The molecule has 0 fully saturated rings. The Kier molecular flexibility index (Phi) is 3.24. The van der Waals surface area contributed by atoms with E-state index in [0.717, 1.165) is 11.2 Å². The van der Waals surface area contributed by atoms with Gasteiger partial charge in [-0.1, -0.05) is 36.4 Å². The molecule has 3 rings (SSSR count). The summed E-state index contributed by atoms with van der Waals surface area (Å²) < 4.78 is 5.65. The van der Waals surface area contributed by atoms with Crippen LogP contribution in [0.4, 0.5) is 0 Å². The number of rotatable bonds is 0. The maximum Gasteiger partial charge on any atom is 0.432 e. The van der Waals surface area contributed by atoms with Gasteiger partial charge in [0.15, 0.2) is 0 Å². The van der Waals surface area contributed by atoms with Gasteiger partial charge in [-0.05, 0) is 12.1 Å². The van der Waals surface area contributed by atoms with Crippen molar-refractivity contribution in [3.8, 4) is 0 Å². The lowest BCUT2D eigenvalue weighted by Crippen LogP contribution is -1.75.